The van der Waals surface area contributed by atoms with Gasteiger partial charge in [-0.3, -0.25) is 0 Å². The van der Waals surface area contributed by atoms with E-state index in [9.17, 15) is 0 Å². The van der Waals surface area contributed by atoms with Gasteiger partial charge < -0.3 is 10.0 Å². The Hall–Kier alpha value is -0.0200. The SMILES string of the molecule is Br.CC1=CCCN1CCCCCCCCCCO. The number of unbranched alkanes of at least 4 members (excludes halogenated alkanes) is 7. The third kappa shape index (κ3) is 8.15. The Bertz CT molecular complexity index is 219. The van der Waals surface area contributed by atoms with Crippen molar-refractivity contribution in [1.29, 1.82) is 0 Å². The molecule has 1 aliphatic rings. The quantitative estimate of drug-likeness (QED) is 0.607. The van der Waals surface area contributed by atoms with Crippen LogP contribution in [0, 0.1) is 0 Å². The number of hydrogen-bond acceptors (Lipinski definition) is 2. The van der Waals surface area contributed by atoms with Gasteiger partial charge in [-0.05, 0) is 26.2 Å². The molecule has 1 N–H and O–H groups in total. The Kier molecular flexibility index (Phi) is 12.0. The average molecular weight is 320 g/mol. The monoisotopic (exact) mass is 319 g/mol. The van der Waals surface area contributed by atoms with E-state index in [1.807, 2.05) is 0 Å². The van der Waals surface area contributed by atoms with E-state index in [-0.39, 0.29) is 17.0 Å². The summed E-state index contributed by atoms with van der Waals surface area (Å²) in [5.74, 6) is 0. The molecule has 3 heteroatoms. The van der Waals surface area contributed by atoms with Gasteiger partial charge in [0.05, 0.1) is 0 Å². The van der Waals surface area contributed by atoms with Crippen LogP contribution in [0.3, 0.4) is 0 Å². The molecule has 0 atom stereocenters. The zero-order valence-corrected chi connectivity index (χ0v) is 13.6. The van der Waals surface area contributed by atoms with Crippen molar-refractivity contribution in [3.63, 3.8) is 0 Å². The summed E-state index contributed by atoms with van der Waals surface area (Å²) in [5.41, 5.74) is 1.48. The first-order chi connectivity index (χ1) is 8.34. The molecule has 108 valence electrons. The molecular weight excluding hydrogens is 290 g/mol. The van der Waals surface area contributed by atoms with Crippen LogP contribution in [0.25, 0.3) is 0 Å². The standard InChI is InChI=1S/C15H29NO.BrH/c1-15-11-10-13-16(15)12-8-6-4-2-3-5-7-9-14-17;/h11,17H,2-10,12-14H2,1H3;1H. The van der Waals surface area contributed by atoms with Crippen LogP contribution < -0.4 is 0 Å². The van der Waals surface area contributed by atoms with Crippen molar-refractivity contribution in [2.75, 3.05) is 19.7 Å². The van der Waals surface area contributed by atoms with Crippen molar-refractivity contribution in [2.24, 2.45) is 0 Å². The van der Waals surface area contributed by atoms with Crippen LogP contribution in [0.1, 0.15) is 64.7 Å². The van der Waals surface area contributed by atoms with Crippen molar-refractivity contribution in [1.82, 2.24) is 4.90 Å². The number of allylic oxidation sites excluding steroid dienone is 1. The molecule has 0 aliphatic carbocycles. The Labute approximate surface area is 123 Å². The van der Waals surface area contributed by atoms with E-state index in [1.54, 1.807) is 0 Å². The maximum absolute atomic E-state index is 8.65. The molecule has 0 bridgehead atoms. The van der Waals surface area contributed by atoms with Crippen LogP contribution in [-0.2, 0) is 0 Å². The molecule has 0 saturated carbocycles. The number of aliphatic hydroxyl groups excluding tert-OH is 1. The Morgan fingerprint density at radius 3 is 2.06 bits per heavy atom. The molecule has 1 aliphatic heterocycles. The highest BCUT2D eigenvalue weighted by Gasteiger charge is 2.09. The summed E-state index contributed by atoms with van der Waals surface area (Å²) < 4.78 is 0. The molecule has 0 saturated heterocycles. The second kappa shape index (κ2) is 12.0. The van der Waals surface area contributed by atoms with Gasteiger partial charge in [0.25, 0.3) is 0 Å². The molecule has 1 rings (SSSR count). The van der Waals surface area contributed by atoms with Crippen molar-refractivity contribution in [2.45, 2.75) is 64.7 Å². The molecule has 18 heavy (non-hydrogen) atoms. The van der Waals surface area contributed by atoms with Crippen molar-refractivity contribution < 1.29 is 5.11 Å². The lowest BCUT2D eigenvalue weighted by Crippen LogP contribution is -2.19. The molecule has 1 heterocycles. The van der Waals surface area contributed by atoms with Crippen molar-refractivity contribution >= 4 is 17.0 Å². The minimum atomic E-state index is 0. The number of aliphatic hydroxyl groups is 1. The van der Waals surface area contributed by atoms with Crippen LogP contribution in [-0.4, -0.2) is 29.7 Å². The molecule has 0 spiro atoms. The Morgan fingerprint density at radius 1 is 1.00 bits per heavy atom. The maximum atomic E-state index is 8.65. The third-order valence-electron chi connectivity index (χ3n) is 3.67. The molecule has 0 fully saturated rings. The third-order valence-corrected chi connectivity index (χ3v) is 3.67. The highest BCUT2D eigenvalue weighted by Crippen LogP contribution is 2.15. The average Bonchev–Trinajstić information content (AvgIpc) is 2.73. The normalized spacial score (nSPS) is 14.6. The van der Waals surface area contributed by atoms with E-state index in [1.165, 1.54) is 70.2 Å². The van der Waals surface area contributed by atoms with E-state index in [0.717, 1.165) is 6.42 Å². The topological polar surface area (TPSA) is 23.5 Å². The second-order valence-electron chi connectivity index (χ2n) is 5.17. The highest BCUT2D eigenvalue weighted by atomic mass is 79.9. The molecule has 0 aromatic carbocycles. The van der Waals surface area contributed by atoms with E-state index < -0.39 is 0 Å². The lowest BCUT2D eigenvalue weighted by molar-refractivity contribution is 0.282. The van der Waals surface area contributed by atoms with E-state index >= 15 is 0 Å². The van der Waals surface area contributed by atoms with E-state index in [0.29, 0.717) is 6.61 Å². The van der Waals surface area contributed by atoms with Crippen molar-refractivity contribution in [3.05, 3.63) is 11.8 Å². The van der Waals surface area contributed by atoms with Gasteiger partial charge in [0.15, 0.2) is 0 Å². The van der Waals surface area contributed by atoms with Gasteiger partial charge in [-0.1, -0.05) is 44.6 Å². The largest absolute Gasteiger partial charge is 0.396 e. The van der Waals surface area contributed by atoms with Gasteiger partial charge in [0.1, 0.15) is 0 Å². The van der Waals surface area contributed by atoms with Crippen molar-refractivity contribution in [3.8, 4) is 0 Å². The lowest BCUT2D eigenvalue weighted by Gasteiger charge is -2.19. The van der Waals surface area contributed by atoms with Crippen LogP contribution in [0.15, 0.2) is 11.8 Å². The fraction of sp³-hybridized carbons (Fsp3) is 0.867. The first-order valence-corrected chi connectivity index (χ1v) is 7.37. The van der Waals surface area contributed by atoms with Gasteiger partial charge in [-0.2, -0.15) is 0 Å². The molecule has 0 unspecified atom stereocenters. The highest BCUT2D eigenvalue weighted by molar-refractivity contribution is 8.93. The Morgan fingerprint density at radius 2 is 1.56 bits per heavy atom. The van der Waals surface area contributed by atoms with Crippen LogP contribution in [0.4, 0.5) is 0 Å². The zero-order valence-electron chi connectivity index (χ0n) is 11.9. The first-order valence-electron chi connectivity index (χ1n) is 7.37. The summed E-state index contributed by atoms with van der Waals surface area (Å²) in [5, 5.41) is 8.65. The summed E-state index contributed by atoms with van der Waals surface area (Å²) >= 11 is 0. The number of rotatable bonds is 10. The lowest BCUT2D eigenvalue weighted by atomic mass is 10.1. The summed E-state index contributed by atoms with van der Waals surface area (Å²) in [4.78, 5) is 2.52. The molecule has 2 nitrogen and oxygen atoms in total. The van der Waals surface area contributed by atoms with Gasteiger partial charge in [-0.15, -0.1) is 17.0 Å². The summed E-state index contributed by atoms with van der Waals surface area (Å²) in [6, 6.07) is 0. The molecular formula is C15H30BrNO. The zero-order chi connectivity index (χ0) is 12.3. The fourth-order valence-electron chi connectivity index (χ4n) is 2.50. The van der Waals surface area contributed by atoms with E-state index in [4.69, 9.17) is 5.11 Å². The molecule has 0 aromatic rings. The first kappa shape index (κ1) is 18.0. The van der Waals surface area contributed by atoms with Gasteiger partial charge >= 0.3 is 0 Å². The van der Waals surface area contributed by atoms with Gasteiger partial charge in [0.2, 0.25) is 0 Å². The van der Waals surface area contributed by atoms with Crippen LogP contribution in [0.5, 0.6) is 0 Å². The van der Waals surface area contributed by atoms with Gasteiger partial charge in [-0.25, -0.2) is 0 Å². The summed E-state index contributed by atoms with van der Waals surface area (Å²) in [6.45, 7) is 5.09. The number of nitrogens with zero attached hydrogens (tertiary/aromatic N) is 1. The molecule has 0 amide bonds. The fourth-order valence-corrected chi connectivity index (χ4v) is 2.50. The summed E-state index contributed by atoms with van der Waals surface area (Å²) in [7, 11) is 0. The minimum absolute atomic E-state index is 0. The second-order valence-corrected chi connectivity index (χ2v) is 5.17. The van der Waals surface area contributed by atoms with E-state index in [2.05, 4.69) is 17.9 Å². The van der Waals surface area contributed by atoms with Gasteiger partial charge in [0, 0.05) is 25.4 Å². The molecule has 0 aromatic heterocycles. The predicted molar refractivity (Wildman–Crippen MR) is 84.3 cm³/mol. The summed E-state index contributed by atoms with van der Waals surface area (Å²) in [6.07, 6.45) is 13.9. The maximum Gasteiger partial charge on any atom is 0.0431 e. The number of hydrogen-bond donors (Lipinski definition) is 1. The van der Waals surface area contributed by atoms with Crippen LogP contribution >= 0.6 is 17.0 Å². The smallest absolute Gasteiger partial charge is 0.0431 e. The molecule has 0 radical (unpaired) electrons. The predicted octanol–water partition coefficient (Wildman–Crippen LogP) is 4.29. The minimum Gasteiger partial charge on any atom is -0.396 e. The number of halogens is 1. The Balaban J connectivity index is 0.00000289. The van der Waals surface area contributed by atoms with Crippen LogP contribution in [0.2, 0.25) is 0 Å².